The second-order valence-electron chi connectivity index (χ2n) is 11.4. The maximum atomic E-state index is 14.1. The van der Waals surface area contributed by atoms with Gasteiger partial charge in [-0.3, -0.25) is 9.59 Å². The van der Waals surface area contributed by atoms with E-state index in [9.17, 15) is 19.8 Å². The molecule has 174 valence electrons. The highest BCUT2D eigenvalue weighted by Gasteiger charge is 2.85. The van der Waals surface area contributed by atoms with Crippen molar-refractivity contribution in [3.8, 4) is 0 Å². The first-order valence-electron chi connectivity index (χ1n) is 11.9. The van der Waals surface area contributed by atoms with Crippen LogP contribution in [0.5, 0.6) is 0 Å². The van der Waals surface area contributed by atoms with E-state index in [0.29, 0.717) is 19.4 Å². The molecule has 7 heteroatoms. The van der Waals surface area contributed by atoms with Crippen LogP contribution >= 0.6 is 0 Å². The number of aliphatic hydroxyl groups is 2. The van der Waals surface area contributed by atoms with E-state index in [0.717, 1.165) is 19.3 Å². The van der Waals surface area contributed by atoms with Crippen molar-refractivity contribution >= 4 is 11.8 Å². The van der Waals surface area contributed by atoms with Crippen molar-refractivity contribution in [3.05, 3.63) is 0 Å². The molecule has 6 rings (SSSR count). The molecular weight excluding hydrogens is 400 g/mol. The highest BCUT2D eigenvalue weighted by Crippen LogP contribution is 2.76. The third-order valence-corrected chi connectivity index (χ3v) is 9.65. The van der Waals surface area contributed by atoms with Crippen LogP contribution in [0.3, 0.4) is 0 Å². The number of hydrogen-bond donors (Lipinski definition) is 2. The molecule has 0 radical (unpaired) electrons. The van der Waals surface area contributed by atoms with E-state index >= 15 is 0 Å². The molecule has 7 nitrogen and oxygen atoms in total. The maximum Gasteiger partial charge on any atom is 0.302 e. The number of aliphatic hydroxyl groups excluding tert-OH is 1. The first-order valence-corrected chi connectivity index (χ1v) is 11.9. The van der Waals surface area contributed by atoms with Gasteiger partial charge in [-0.25, -0.2) is 0 Å². The van der Waals surface area contributed by atoms with Gasteiger partial charge >= 0.3 is 5.97 Å². The summed E-state index contributed by atoms with van der Waals surface area (Å²) in [6.45, 7) is 8.65. The molecule has 6 aliphatic rings. The minimum atomic E-state index is -1.96. The normalized spacial score (nSPS) is 51.9. The van der Waals surface area contributed by atoms with Crippen LogP contribution in [0, 0.1) is 39.9 Å². The van der Waals surface area contributed by atoms with Crippen LogP contribution < -0.4 is 0 Å². The number of hydrogen-bond acceptors (Lipinski definition) is 7. The van der Waals surface area contributed by atoms with Gasteiger partial charge in [0.2, 0.25) is 5.79 Å². The van der Waals surface area contributed by atoms with Crippen molar-refractivity contribution in [1.82, 2.24) is 0 Å². The van der Waals surface area contributed by atoms with Gasteiger partial charge in [-0.1, -0.05) is 20.3 Å². The number of carbonyl (C=O) groups excluding carboxylic acids is 2. The number of esters is 1. The average molecular weight is 437 g/mol. The van der Waals surface area contributed by atoms with Crippen LogP contribution in [0.4, 0.5) is 0 Å². The first kappa shape index (κ1) is 21.8. The van der Waals surface area contributed by atoms with Gasteiger partial charge in [0.05, 0.1) is 18.6 Å². The third-order valence-electron chi connectivity index (χ3n) is 9.65. The van der Waals surface area contributed by atoms with E-state index < -0.39 is 28.8 Å². The van der Waals surface area contributed by atoms with E-state index in [1.807, 2.05) is 6.92 Å². The van der Waals surface area contributed by atoms with Gasteiger partial charge in [0, 0.05) is 36.7 Å². The second kappa shape index (κ2) is 6.75. The summed E-state index contributed by atoms with van der Waals surface area (Å²) in [6.07, 6.45) is 2.12. The molecule has 2 spiro atoms. The van der Waals surface area contributed by atoms with Gasteiger partial charge in [0.1, 0.15) is 12.2 Å². The summed E-state index contributed by atoms with van der Waals surface area (Å²) in [5, 5.41) is 23.6. The average Bonchev–Trinajstić information content (AvgIpc) is 2.89. The monoisotopic (exact) mass is 436 g/mol. The molecule has 0 amide bonds. The Kier molecular flexibility index (Phi) is 4.75. The van der Waals surface area contributed by atoms with Crippen molar-refractivity contribution in [2.24, 2.45) is 39.9 Å². The molecule has 2 aliphatic heterocycles. The molecule has 2 saturated heterocycles. The Morgan fingerprint density at radius 3 is 2.68 bits per heavy atom. The van der Waals surface area contributed by atoms with Crippen molar-refractivity contribution in [1.29, 1.82) is 0 Å². The molecule has 4 aliphatic carbocycles. The standard InChI is InChI=1S/C24H36O7/c1-5-29-11-15-14-9-16(31-13(2)25)17-22-8-6-7-21(3,4)18(22)20(27)24(28,30-12-22)23(17,10-14)19(15)26/h14-18,20,27-28H,5-12H2,1-4H3. The van der Waals surface area contributed by atoms with Gasteiger partial charge in [0.25, 0.3) is 0 Å². The van der Waals surface area contributed by atoms with Crippen LogP contribution in [-0.4, -0.2) is 59.8 Å². The summed E-state index contributed by atoms with van der Waals surface area (Å²) in [4.78, 5) is 26.2. The Bertz CT molecular complexity index is 795. The molecule has 2 heterocycles. The molecule has 0 aromatic heterocycles. The summed E-state index contributed by atoms with van der Waals surface area (Å²) < 4.78 is 17.7. The van der Waals surface area contributed by atoms with E-state index in [-0.39, 0.29) is 54.1 Å². The Labute approximate surface area is 183 Å². The Morgan fingerprint density at radius 2 is 2.00 bits per heavy atom. The smallest absolute Gasteiger partial charge is 0.302 e. The number of Topliss-reactive ketones (excluding diaryl/α,β-unsaturated/α-hetero) is 1. The van der Waals surface area contributed by atoms with Crippen molar-refractivity contribution < 1.29 is 34.0 Å². The summed E-state index contributed by atoms with van der Waals surface area (Å²) in [5.41, 5.74) is -1.99. The fourth-order valence-corrected chi connectivity index (χ4v) is 8.93. The zero-order chi connectivity index (χ0) is 22.4. The van der Waals surface area contributed by atoms with Gasteiger partial charge in [-0.15, -0.1) is 0 Å². The molecular formula is C24H36O7. The third kappa shape index (κ3) is 2.49. The summed E-state index contributed by atoms with van der Waals surface area (Å²) in [6, 6.07) is 0. The van der Waals surface area contributed by atoms with E-state index in [1.165, 1.54) is 6.92 Å². The number of carbonyl (C=O) groups is 2. The molecule has 4 bridgehead atoms. The minimum absolute atomic E-state index is 0.0646. The van der Waals surface area contributed by atoms with Crippen molar-refractivity contribution in [2.45, 2.75) is 77.8 Å². The van der Waals surface area contributed by atoms with Crippen LogP contribution in [0.2, 0.25) is 0 Å². The maximum absolute atomic E-state index is 14.1. The molecule has 0 aromatic rings. The van der Waals surface area contributed by atoms with Gasteiger partial charge in [-0.05, 0) is 43.9 Å². The Morgan fingerprint density at radius 1 is 1.26 bits per heavy atom. The number of ether oxygens (including phenoxy) is 3. The Balaban J connectivity index is 1.70. The molecule has 0 aromatic carbocycles. The number of ketones is 1. The fourth-order valence-electron chi connectivity index (χ4n) is 8.93. The number of fused-ring (bicyclic) bond motifs is 2. The van der Waals surface area contributed by atoms with Gasteiger partial charge in [-0.2, -0.15) is 0 Å². The zero-order valence-corrected chi connectivity index (χ0v) is 19.1. The molecule has 6 fully saturated rings. The van der Waals surface area contributed by atoms with Crippen LogP contribution in [0.15, 0.2) is 0 Å². The fraction of sp³-hybridized carbons (Fsp3) is 0.917. The zero-order valence-electron chi connectivity index (χ0n) is 19.1. The molecule has 9 atom stereocenters. The lowest BCUT2D eigenvalue weighted by Gasteiger charge is -2.74. The highest BCUT2D eigenvalue weighted by molar-refractivity contribution is 5.92. The number of rotatable bonds is 4. The molecule has 9 unspecified atom stereocenters. The van der Waals surface area contributed by atoms with Crippen LogP contribution in [-0.2, 0) is 23.8 Å². The molecule has 4 saturated carbocycles. The van der Waals surface area contributed by atoms with Crippen molar-refractivity contribution in [2.75, 3.05) is 19.8 Å². The predicted molar refractivity (Wildman–Crippen MR) is 110 cm³/mol. The van der Waals surface area contributed by atoms with Gasteiger partial charge in [0.15, 0.2) is 5.78 Å². The van der Waals surface area contributed by atoms with Gasteiger partial charge < -0.3 is 24.4 Å². The molecule has 31 heavy (non-hydrogen) atoms. The minimum Gasteiger partial charge on any atom is -0.462 e. The SMILES string of the molecule is CCOCC1C(=O)C23CC1CC(OC(C)=O)C2C12CCCC(C)(C)C1C(O)C3(O)OC2. The van der Waals surface area contributed by atoms with Crippen molar-refractivity contribution in [3.63, 3.8) is 0 Å². The lowest BCUT2D eigenvalue weighted by Crippen LogP contribution is -2.83. The van der Waals surface area contributed by atoms with E-state index in [4.69, 9.17) is 14.2 Å². The van der Waals surface area contributed by atoms with Crippen LogP contribution in [0.25, 0.3) is 0 Å². The first-order chi connectivity index (χ1) is 14.5. The summed E-state index contributed by atoms with van der Waals surface area (Å²) in [5.74, 6) is -3.43. The molecule has 2 N–H and O–H groups in total. The Hall–Kier alpha value is -1.02. The van der Waals surface area contributed by atoms with Crippen LogP contribution in [0.1, 0.15) is 59.8 Å². The largest absolute Gasteiger partial charge is 0.462 e. The second-order valence-corrected chi connectivity index (χ2v) is 11.4. The highest BCUT2D eigenvalue weighted by atomic mass is 16.6. The lowest BCUT2D eigenvalue weighted by molar-refractivity contribution is -0.445. The topological polar surface area (TPSA) is 102 Å². The summed E-state index contributed by atoms with van der Waals surface area (Å²) >= 11 is 0. The summed E-state index contributed by atoms with van der Waals surface area (Å²) in [7, 11) is 0. The quantitative estimate of drug-likeness (QED) is 0.651. The lowest BCUT2D eigenvalue weighted by atomic mass is 9.36. The van der Waals surface area contributed by atoms with E-state index in [2.05, 4.69) is 13.8 Å². The van der Waals surface area contributed by atoms with E-state index in [1.54, 1.807) is 0 Å². The predicted octanol–water partition coefficient (Wildman–Crippen LogP) is 2.07.